The van der Waals surface area contributed by atoms with Crippen molar-refractivity contribution in [3.8, 4) is 0 Å². The van der Waals surface area contributed by atoms with Gasteiger partial charge in [-0.25, -0.2) is 14.4 Å². The molecule has 0 saturated carbocycles. The molecule has 10 heteroatoms. The number of benzene rings is 1. The standard InChI is InChI=1S/C24H28BrFN4O4/c1-31-20-11-19-16(24(28-14-27-19)29-18-4-3-15(25)9-17(18)26)10-21(20)32-6-2-5-30-12-22-23(13-30)34-8-7-33-22/h3-4,9,14,22-23H,2,5-8,10-13H2,1H3,(H,27,28,29). The van der Waals surface area contributed by atoms with Crippen molar-refractivity contribution in [2.45, 2.75) is 31.5 Å². The van der Waals surface area contributed by atoms with E-state index in [9.17, 15) is 4.39 Å². The van der Waals surface area contributed by atoms with E-state index in [0.717, 1.165) is 48.8 Å². The number of rotatable bonds is 8. The molecule has 2 fully saturated rings. The van der Waals surface area contributed by atoms with Crippen molar-refractivity contribution in [2.24, 2.45) is 0 Å². The van der Waals surface area contributed by atoms with Gasteiger partial charge in [0.05, 0.1) is 56.9 Å². The lowest BCUT2D eigenvalue weighted by atomic mass is 9.99. The van der Waals surface area contributed by atoms with E-state index >= 15 is 0 Å². The first-order valence-corrected chi connectivity index (χ1v) is 12.3. The van der Waals surface area contributed by atoms with E-state index in [2.05, 4.69) is 36.1 Å². The zero-order chi connectivity index (χ0) is 23.5. The number of nitrogens with zero attached hydrogens (tertiary/aromatic N) is 3. The second-order valence-electron chi connectivity index (χ2n) is 8.58. The summed E-state index contributed by atoms with van der Waals surface area (Å²) in [6, 6.07) is 4.88. The zero-order valence-corrected chi connectivity index (χ0v) is 20.6. The summed E-state index contributed by atoms with van der Waals surface area (Å²) in [5.74, 6) is 1.74. The van der Waals surface area contributed by atoms with Crippen LogP contribution in [-0.2, 0) is 31.8 Å². The van der Waals surface area contributed by atoms with Crippen LogP contribution in [0.5, 0.6) is 0 Å². The first kappa shape index (κ1) is 23.5. The van der Waals surface area contributed by atoms with Crippen molar-refractivity contribution in [2.75, 3.05) is 51.9 Å². The Morgan fingerprint density at radius 2 is 1.94 bits per heavy atom. The van der Waals surface area contributed by atoms with Crippen LogP contribution in [0.15, 0.2) is 40.5 Å². The van der Waals surface area contributed by atoms with Crippen molar-refractivity contribution in [1.29, 1.82) is 0 Å². The maximum Gasteiger partial charge on any atom is 0.147 e. The summed E-state index contributed by atoms with van der Waals surface area (Å²) < 4.78 is 38.4. The molecule has 1 aromatic heterocycles. The van der Waals surface area contributed by atoms with Crippen LogP contribution in [0.3, 0.4) is 0 Å². The van der Waals surface area contributed by atoms with Crippen LogP contribution in [0.4, 0.5) is 15.9 Å². The van der Waals surface area contributed by atoms with Crippen molar-refractivity contribution in [3.63, 3.8) is 0 Å². The van der Waals surface area contributed by atoms with Gasteiger partial charge in [-0.05, 0) is 24.6 Å². The molecular formula is C24H28BrFN4O4. The minimum atomic E-state index is -0.361. The Kier molecular flexibility index (Phi) is 7.29. The highest BCUT2D eigenvalue weighted by atomic mass is 79.9. The lowest BCUT2D eigenvalue weighted by Gasteiger charge is -2.24. The Hall–Kier alpha value is -2.27. The summed E-state index contributed by atoms with van der Waals surface area (Å²) in [4.78, 5) is 11.2. The van der Waals surface area contributed by atoms with E-state index in [1.54, 1.807) is 19.2 Å². The SMILES string of the molecule is COC1=C(OCCCN2CC3OCCOC3C2)Cc2c(ncnc2Nc2ccc(Br)cc2F)C1. The molecule has 1 aromatic carbocycles. The van der Waals surface area contributed by atoms with Gasteiger partial charge in [0, 0.05) is 36.1 Å². The minimum Gasteiger partial charge on any atom is -0.497 e. The van der Waals surface area contributed by atoms with Gasteiger partial charge in [0.1, 0.15) is 29.5 Å². The third-order valence-electron chi connectivity index (χ3n) is 6.37. The smallest absolute Gasteiger partial charge is 0.147 e. The van der Waals surface area contributed by atoms with Crippen LogP contribution in [0, 0.1) is 5.82 Å². The molecule has 0 bridgehead atoms. The zero-order valence-electron chi connectivity index (χ0n) is 19.1. The van der Waals surface area contributed by atoms with Gasteiger partial charge in [-0.15, -0.1) is 0 Å². The molecule has 0 radical (unpaired) electrons. The highest BCUT2D eigenvalue weighted by Gasteiger charge is 2.36. The average Bonchev–Trinajstić information content (AvgIpc) is 3.26. The molecule has 3 heterocycles. The van der Waals surface area contributed by atoms with Gasteiger partial charge in [0.15, 0.2) is 0 Å². The second-order valence-corrected chi connectivity index (χ2v) is 9.50. The number of methoxy groups -OCH3 is 1. The van der Waals surface area contributed by atoms with Gasteiger partial charge in [-0.1, -0.05) is 15.9 Å². The lowest BCUT2D eigenvalue weighted by Crippen LogP contribution is -2.36. The fraction of sp³-hybridized carbons (Fsp3) is 0.500. The number of allylic oxidation sites excluding steroid dienone is 2. The number of hydrogen-bond acceptors (Lipinski definition) is 8. The Morgan fingerprint density at radius 1 is 1.15 bits per heavy atom. The van der Waals surface area contributed by atoms with Gasteiger partial charge in [0.2, 0.25) is 0 Å². The number of halogens is 2. The number of anilines is 2. The van der Waals surface area contributed by atoms with Gasteiger partial charge in [-0.3, -0.25) is 4.90 Å². The maximum atomic E-state index is 14.4. The summed E-state index contributed by atoms with van der Waals surface area (Å²) >= 11 is 3.29. The Morgan fingerprint density at radius 3 is 2.68 bits per heavy atom. The summed E-state index contributed by atoms with van der Waals surface area (Å²) in [6.07, 6.45) is 3.73. The van der Waals surface area contributed by atoms with E-state index in [1.807, 2.05) is 0 Å². The van der Waals surface area contributed by atoms with Crippen LogP contribution < -0.4 is 5.32 Å². The summed E-state index contributed by atoms with van der Waals surface area (Å²) in [5, 5.41) is 3.11. The number of aromatic nitrogens is 2. The van der Waals surface area contributed by atoms with E-state index in [1.165, 1.54) is 12.4 Å². The molecule has 34 heavy (non-hydrogen) atoms. The van der Waals surface area contributed by atoms with Crippen molar-refractivity contribution < 1.29 is 23.3 Å². The highest BCUT2D eigenvalue weighted by molar-refractivity contribution is 9.10. The number of likely N-dealkylation sites (tertiary alicyclic amines) is 1. The van der Waals surface area contributed by atoms with Gasteiger partial charge < -0.3 is 24.3 Å². The van der Waals surface area contributed by atoms with E-state index in [0.29, 0.717) is 48.6 Å². The van der Waals surface area contributed by atoms with Gasteiger partial charge in [-0.2, -0.15) is 0 Å². The molecular weight excluding hydrogens is 507 g/mol. The fourth-order valence-electron chi connectivity index (χ4n) is 4.64. The second kappa shape index (κ2) is 10.6. The normalized spacial score (nSPS) is 22.3. The van der Waals surface area contributed by atoms with Crippen molar-refractivity contribution >= 4 is 27.4 Å². The molecule has 182 valence electrons. The Balaban J connectivity index is 1.21. The molecule has 0 spiro atoms. The molecule has 2 saturated heterocycles. The first-order valence-electron chi connectivity index (χ1n) is 11.5. The number of fused-ring (bicyclic) bond motifs is 2. The van der Waals surface area contributed by atoms with Gasteiger partial charge >= 0.3 is 0 Å². The Bertz CT molecular complexity index is 1060. The van der Waals surface area contributed by atoms with Gasteiger partial charge in [0.25, 0.3) is 0 Å². The third-order valence-corrected chi connectivity index (χ3v) is 6.87. The molecule has 2 atom stereocenters. The quantitative estimate of drug-likeness (QED) is 0.515. The van der Waals surface area contributed by atoms with E-state index in [4.69, 9.17) is 18.9 Å². The average molecular weight is 535 g/mol. The number of ether oxygens (including phenoxy) is 4. The van der Waals surface area contributed by atoms with Crippen molar-refractivity contribution in [1.82, 2.24) is 14.9 Å². The lowest BCUT2D eigenvalue weighted by molar-refractivity contribution is -0.116. The van der Waals surface area contributed by atoms with Crippen LogP contribution in [0.1, 0.15) is 17.7 Å². The largest absolute Gasteiger partial charge is 0.497 e. The molecule has 3 aliphatic rings. The number of nitrogens with one attached hydrogen (secondary N) is 1. The molecule has 5 rings (SSSR count). The molecule has 1 aliphatic carbocycles. The third kappa shape index (κ3) is 5.19. The predicted octanol–water partition coefficient (Wildman–Crippen LogP) is 3.58. The molecule has 2 aromatic rings. The molecule has 8 nitrogen and oxygen atoms in total. The summed E-state index contributed by atoms with van der Waals surface area (Å²) in [6.45, 7) is 4.67. The fourth-order valence-corrected chi connectivity index (χ4v) is 4.98. The van der Waals surface area contributed by atoms with Crippen LogP contribution in [0.25, 0.3) is 0 Å². The topological polar surface area (TPSA) is 78.0 Å². The van der Waals surface area contributed by atoms with Crippen molar-refractivity contribution in [3.05, 3.63) is 57.6 Å². The molecule has 2 unspecified atom stereocenters. The number of hydrogen-bond donors (Lipinski definition) is 1. The monoisotopic (exact) mass is 534 g/mol. The molecule has 1 N–H and O–H groups in total. The first-order chi connectivity index (χ1) is 16.6. The summed E-state index contributed by atoms with van der Waals surface area (Å²) in [5.41, 5.74) is 2.09. The highest BCUT2D eigenvalue weighted by Crippen LogP contribution is 2.32. The van der Waals surface area contributed by atoms with Crippen LogP contribution in [-0.4, -0.2) is 73.6 Å². The molecule has 0 amide bonds. The molecule has 2 aliphatic heterocycles. The van der Waals surface area contributed by atoms with Crippen LogP contribution in [0.2, 0.25) is 0 Å². The maximum absolute atomic E-state index is 14.4. The Labute approximate surface area is 206 Å². The van der Waals surface area contributed by atoms with E-state index in [-0.39, 0.29) is 18.0 Å². The van der Waals surface area contributed by atoms with Crippen LogP contribution >= 0.6 is 15.9 Å². The summed E-state index contributed by atoms with van der Waals surface area (Å²) in [7, 11) is 1.65. The minimum absolute atomic E-state index is 0.189. The van der Waals surface area contributed by atoms with E-state index < -0.39 is 0 Å². The predicted molar refractivity (Wildman–Crippen MR) is 127 cm³/mol.